The van der Waals surface area contributed by atoms with E-state index in [1.807, 2.05) is 19.2 Å². The fourth-order valence-corrected chi connectivity index (χ4v) is 3.30. The van der Waals surface area contributed by atoms with Gasteiger partial charge in [0, 0.05) is 38.6 Å². The van der Waals surface area contributed by atoms with Gasteiger partial charge in [-0.1, -0.05) is 20.8 Å². The van der Waals surface area contributed by atoms with E-state index in [2.05, 4.69) is 10.4 Å². The van der Waals surface area contributed by atoms with Crippen molar-refractivity contribution in [1.29, 1.82) is 0 Å². The Hall–Kier alpha value is -1.73. The maximum absolute atomic E-state index is 13.1. The molecule has 1 saturated heterocycles. The van der Waals surface area contributed by atoms with E-state index in [4.69, 9.17) is 0 Å². The van der Waals surface area contributed by atoms with Gasteiger partial charge in [0.25, 0.3) is 0 Å². The molecule has 0 radical (unpaired) electrons. The van der Waals surface area contributed by atoms with Crippen LogP contribution >= 0.6 is 0 Å². The molecule has 5 nitrogen and oxygen atoms in total. The molecule has 8 heteroatoms. The predicted octanol–water partition coefficient (Wildman–Crippen LogP) is 3.14. The topological polar surface area (TPSA) is 50.2 Å². The third-order valence-corrected chi connectivity index (χ3v) is 4.57. The second-order valence-corrected chi connectivity index (χ2v) is 7.31. The quantitative estimate of drug-likeness (QED) is 0.911. The van der Waals surface area contributed by atoms with Gasteiger partial charge in [-0.25, -0.2) is 4.79 Å². The zero-order valence-electron chi connectivity index (χ0n) is 14.3. The Bertz CT molecular complexity index is 542. The molecule has 0 aromatic carbocycles. The highest BCUT2D eigenvalue weighted by atomic mass is 19.4. The summed E-state index contributed by atoms with van der Waals surface area (Å²) in [7, 11) is 0. The minimum absolute atomic E-state index is 0.0488. The molecule has 2 atom stereocenters. The lowest BCUT2D eigenvalue weighted by atomic mass is 9.73. The van der Waals surface area contributed by atoms with Crippen LogP contribution in [0.2, 0.25) is 0 Å². The van der Waals surface area contributed by atoms with E-state index < -0.39 is 17.5 Å². The number of amides is 2. The van der Waals surface area contributed by atoms with Crippen molar-refractivity contribution in [3.05, 3.63) is 18.5 Å². The number of urea groups is 1. The molecule has 0 saturated carbocycles. The largest absolute Gasteiger partial charge is 0.392 e. The van der Waals surface area contributed by atoms with Gasteiger partial charge in [-0.3, -0.25) is 4.68 Å². The number of carbonyl (C=O) groups excluding carboxylic acids is 1. The average molecular weight is 346 g/mol. The van der Waals surface area contributed by atoms with Gasteiger partial charge in [0.15, 0.2) is 0 Å². The molecule has 0 unspecified atom stereocenters. The zero-order valence-corrected chi connectivity index (χ0v) is 14.3. The molecule has 2 rings (SSSR count). The first kappa shape index (κ1) is 18.6. The van der Waals surface area contributed by atoms with Gasteiger partial charge in [-0.2, -0.15) is 18.3 Å². The Morgan fingerprint density at radius 2 is 2.17 bits per heavy atom. The van der Waals surface area contributed by atoms with Crippen LogP contribution in [0.5, 0.6) is 0 Å². The van der Waals surface area contributed by atoms with Crippen LogP contribution in [0.25, 0.3) is 0 Å². The van der Waals surface area contributed by atoms with Crippen LogP contribution in [-0.2, 0) is 6.54 Å². The third kappa shape index (κ3) is 4.64. The van der Waals surface area contributed by atoms with E-state index in [-0.39, 0.29) is 31.5 Å². The fourth-order valence-electron chi connectivity index (χ4n) is 3.30. The summed E-state index contributed by atoms with van der Waals surface area (Å²) in [6.07, 6.45) is -0.724. The van der Waals surface area contributed by atoms with Crippen molar-refractivity contribution in [3.63, 3.8) is 0 Å². The van der Waals surface area contributed by atoms with E-state index in [9.17, 15) is 18.0 Å². The highest BCUT2D eigenvalue weighted by molar-refractivity contribution is 5.74. The van der Waals surface area contributed by atoms with Crippen molar-refractivity contribution >= 4 is 6.03 Å². The van der Waals surface area contributed by atoms with Gasteiger partial charge in [-0.05, 0) is 23.8 Å². The zero-order chi connectivity index (χ0) is 18.0. The molecule has 0 aliphatic carbocycles. The average Bonchev–Trinajstić information content (AvgIpc) is 2.95. The molecule has 1 aliphatic rings. The Morgan fingerprint density at radius 3 is 2.71 bits per heavy atom. The van der Waals surface area contributed by atoms with Crippen molar-refractivity contribution in [2.75, 3.05) is 19.6 Å². The summed E-state index contributed by atoms with van der Waals surface area (Å²) in [5, 5.41) is 6.93. The van der Waals surface area contributed by atoms with Crippen molar-refractivity contribution in [2.45, 2.75) is 39.9 Å². The Labute approximate surface area is 140 Å². The van der Waals surface area contributed by atoms with Gasteiger partial charge < -0.3 is 10.2 Å². The van der Waals surface area contributed by atoms with Crippen LogP contribution in [0.4, 0.5) is 18.0 Å². The SMILES string of the molecule is C[C@H](CNC(=O)N1CC[C@@H](C(F)(F)F)C(C)(C)C1)Cn1cccn1. The number of alkyl halides is 3. The lowest BCUT2D eigenvalue weighted by molar-refractivity contribution is -0.214. The number of carbonyl (C=O) groups is 1. The summed E-state index contributed by atoms with van der Waals surface area (Å²) in [4.78, 5) is 13.7. The van der Waals surface area contributed by atoms with Crippen LogP contribution in [-0.4, -0.2) is 46.5 Å². The molecular weight excluding hydrogens is 321 g/mol. The summed E-state index contributed by atoms with van der Waals surface area (Å²) >= 11 is 0. The van der Waals surface area contributed by atoms with E-state index in [1.54, 1.807) is 24.7 Å². The van der Waals surface area contributed by atoms with E-state index >= 15 is 0 Å². The summed E-state index contributed by atoms with van der Waals surface area (Å²) in [6, 6.07) is 1.54. The lowest BCUT2D eigenvalue weighted by Gasteiger charge is -2.44. The maximum Gasteiger partial charge on any atom is 0.392 e. The number of aromatic nitrogens is 2. The number of nitrogens with zero attached hydrogens (tertiary/aromatic N) is 3. The number of piperidine rings is 1. The molecule has 1 aromatic heterocycles. The second kappa shape index (κ2) is 7.03. The molecular formula is C16H25F3N4O. The van der Waals surface area contributed by atoms with Gasteiger partial charge in [0.2, 0.25) is 0 Å². The minimum atomic E-state index is -4.22. The summed E-state index contributed by atoms with van der Waals surface area (Å²) in [5.41, 5.74) is -0.978. The van der Waals surface area contributed by atoms with Crippen molar-refractivity contribution in [2.24, 2.45) is 17.3 Å². The monoisotopic (exact) mass is 346 g/mol. The summed E-state index contributed by atoms with van der Waals surface area (Å²) < 4.78 is 41.0. The van der Waals surface area contributed by atoms with Gasteiger partial charge in [-0.15, -0.1) is 0 Å². The Morgan fingerprint density at radius 1 is 1.46 bits per heavy atom. The van der Waals surface area contributed by atoms with Gasteiger partial charge in [0.1, 0.15) is 0 Å². The lowest BCUT2D eigenvalue weighted by Crippen LogP contribution is -2.54. The van der Waals surface area contributed by atoms with E-state index in [0.29, 0.717) is 13.1 Å². The fraction of sp³-hybridized carbons (Fsp3) is 0.750. The first-order valence-electron chi connectivity index (χ1n) is 8.16. The Kier molecular flexibility index (Phi) is 5.45. The standard InChI is InChI=1S/C16H25F3N4O/c1-12(10-23-7-4-6-21-23)9-20-14(24)22-8-5-13(16(17,18)19)15(2,3)11-22/h4,6-7,12-13H,5,8-11H2,1-3H3,(H,20,24)/t12-,13-/m1/s1. The third-order valence-electron chi connectivity index (χ3n) is 4.57. The number of halogens is 3. The van der Waals surface area contributed by atoms with Crippen LogP contribution in [0, 0.1) is 17.3 Å². The molecule has 1 N–H and O–H groups in total. The van der Waals surface area contributed by atoms with Crippen LogP contribution in [0.1, 0.15) is 27.2 Å². The molecule has 0 spiro atoms. The predicted molar refractivity (Wildman–Crippen MR) is 84.3 cm³/mol. The summed E-state index contributed by atoms with van der Waals surface area (Å²) in [5.74, 6) is -1.19. The Balaban J connectivity index is 1.83. The smallest absolute Gasteiger partial charge is 0.338 e. The number of likely N-dealkylation sites (tertiary alicyclic amines) is 1. The molecule has 136 valence electrons. The molecule has 2 amide bonds. The van der Waals surface area contributed by atoms with Crippen molar-refractivity contribution in [3.8, 4) is 0 Å². The first-order chi connectivity index (χ1) is 11.1. The molecule has 1 aliphatic heterocycles. The highest BCUT2D eigenvalue weighted by Gasteiger charge is 2.51. The van der Waals surface area contributed by atoms with Gasteiger partial charge in [0.05, 0.1) is 5.92 Å². The number of rotatable bonds is 4. The van der Waals surface area contributed by atoms with Crippen LogP contribution < -0.4 is 5.32 Å². The van der Waals surface area contributed by atoms with Crippen LogP contribution in [0.15, 0.2) is 18.5 Å². The van der Waals surface area contributed by atoms with E-state index in [1.165, 1.54) is 4.90 Å². The molecule has 2 heterocycles. The number of hydrogen-bond acceptors (Lipinski definition) is 2. The molecule has 1 aromatic rings. The van der Waals surface area contributed by atoms with Crippen LogP contribution in [0.3, 0.4) is 0 Å². The van der Waals surface area contributed by atoms with Gasteiger partial charge >= 0.3 is 12.2 Å². The van der Waals surface area contributed by atoms with Crippen molar-refractivity contribution in [1.82, 2.24) is 20.0 Å². The number of hydrogen-bond donors (Lipinski definition) is 1. The van der Waals surface area contributed by atoms with Crippen molar-refractivity contribution < 1.29 is 18.0 Å². The molecule has 0 bridgehead atoms. The molecule has 24 heavy (non-hydrogen) atoms. The second-order valence-electron chi connectivity index (χ2n) is 7.31. The minimum Gasteiger partial charge on any atom is -0.338 e. The first-order valence-corrected chi connectivity index (χ1v) is 8.16. The number of nitrogens with one attached hydrogen (secondary N) is 1. The normalized spacial score (nSPS) is 22.2. The summed E-state index contributed by atoms with van der Waals surface area (Å²) in [6.45, 7) is 6.51. The maximum atomic E-state index is 13.1. The molecule has 1 fully saturated rings. The van der Waals surface area contributed by atoms with E-state index in [0.717, 1.165) is 0 Å². The highest BCUT2D eigenvalue weighted by Crippen LogP contribution is 2.44.